The van der Waals surface area contributed by atoms with Crippen molar-refractivity contribution >= 4 is 0 Å². The lowest BCUT2D eigenvalue weighted by Crippen LogP contribution is -2.29. The van der Waals surface area contributed by atoms with Gasteiger partial charge >= 0.3 is 0 Å². The van der Waals surface area contributed by atoms with Crippen molar-refractivity contribution in [2.75, 3.05) is 0 Å². The van der Waals surface area contributed by atoms with Crippen molar-refractivity contribution in [3.05, 3.63) is 211 Å². The molecule has 0 aliphatic heterocycles. The number of benzene rings is 6. The van der Waals surface area contributed by atoms with Gasteiger partial charge in [-0.25, -0.2) is 0 Å². The highest BCUT2D eigenvalue weighted by molar-refractivity contribution is 5.70. The molecule has 1 heteroatoms. The van der Waals surface area contributed by atoms with Crippen LogP contribution in [0.3, 0.4) is 0 Å². The molecule has 12 rings (SSSR count). The molecule has 6 aliphatic rings. The van der Waals surface area contributed by atoms with Crippen molar-refractivity contribution in [3.63, 3.8) is 0 Å². The summed E-state index contributed by atoms with van der Waals surface area (Å²) in [5.74, 6) is 1.12. The second-order valence-electron chi connectivity index (χ2n) is 12.6. The summed E-state index contributed by atoms with van der Waals surface area (Å²) in [5.41, 5.74) is 20.1. The van der Waals surface area contributed by atoms with Crippen LogP contribution in [0.2, 0.25) is 0 Å². The molecule has 204 valence electrons. The summed E-state index contributed by atoms with van der Waals surface area (Å²) in [6.07, 6.45) is 0. The molecule has 0 radical (unpaired) electrons. The fourth-order valence-corrected chi connectivity index (χ4v) is 9.11. The lowest BCUT2D eigenvalue weighted by molar-refractivity contribution is 0.105. The molecule has 0 saturated carbocycles. The van der Waals surface area contributed by atoms with E-state index in [2.05, 4.69) is 133 Å². The van der Waals surface area contributed by atoms with Crippen LogP contribution in [0, 0.1) is 0 Å². The number of hydrogen-bond acceptors (Lipinski definition) is 1. The average Bonchev–Trinajstić information content (AvgIpc) is 3.08. The highest BCUT2D eigenvalue weighted by Crippen LogP contribution is 2.58. The fraction of sp³-hybridized carbons (Fsp3) is 0.143. The third kappa shape index (κ3) is 3.15. The maximum atomic E-state index is 6.71. The number of ether oxygens (including phenoxy) is 1. The van der Waals surface area contributed by atoms with Gasteiger partial charge in [-0.2, -0.15) is 0 Å². The van der Waals surface area contributed by atoms with Crippen molar-refractivity contribution in [1.29, 1.82) is 0 Å². The molecule has 6 aliphatic carbocycles. The van der Waals surface area contributed by atoms with Crippen molar-refractivity contribution < 1.29 is 4.74 Å². The SMILES string of the molecule is c1ccc2c(c1)C1c3ccccc3C2c2c(COCc3cccc4c3C3c5ccccc5C4c4ccccc43)cccc21. The van der Waals surface area contributed by atoms with Gasteiger partial charge in [0.1, 0.15) is 0 Å². The number of rotatable bonds is 4. The zero-order valence-corrected chi connectivity index (χ0v) is 23.8. The first-order valence-electron chi connectivity index (χ1n) is 15.5. The molecule has 4 bridgehead atoms. The molecule has 0 amide bonds. The predicted molar refractivity (Wildman–Crippen MR) is 171 cm³/mol. The van der Waals surface area contributed by atoms with E-state index in [1.54, 1.807) is 0 Å². The molecule has 1 nitrogen and oxygen atoms in total. The second kappa shape index (κ2) is 8.89. The van der Waals surface area contributed by atoms with Gasteiger partial charge in [-0.15, -0.1) is 0 Å². The molecule has 0 N–H and O–H groups in total. The first-order chi connectivity index (χ1) is 21.4. The molecule has 43 heavy (non-hydrogen) atoms. The zero-order chi connectivity index (χ0) is 28.1. The molecule has 0 aromatic heterocycles. The molecule has 6 aromatic rings. The second-order valence-corrected chi connectivity index (χ2v) is 12.6. The highest BCUT2D eigenvalue weighted by atomic mass is 16.5. The van der Waals surface area contributed by atoms with Gasteiger partial charge in [-0.3, -0.25) is 0 Å². The van der Waals surface area contributed by atoms with Gasteiger partial charge < -0.3 is 4.74 Å². The van der Waals surface area contributed by atoms with Gasteiger partial charge in [0, 0.05) is 23.7 Å². The van der Waals surface area contributed by atoms with Crippen LogP contribution >= 0.6 is 0 Å². The Hall–Kier alpha value is -4.72. The average molecular weight is 551 g/mol. The maximum Gasteiger partial charge on any atom is 0.0724 e. The Bertz CT molecular complexity index is 1860. The van der Waals surface area contributed by atoms with Gasteiger partial charge in [0.05, 0.1) is 13.2 Å². The van der Waals surface area contributed by atoms with Gasteiger partial charge in [0.2, 0.25) is 0 Å². The Balaban J connectivity index is 1.02. The van der Waals surface area contributed by atoms with Gasteiger partial charge in [0.15, 0.2) is 0 Å². The Morgan fingerprint density at radius 3 is 0.907 bits per heavy atom. The minimum absolute atomic E-state index is 0.264. The van der Waals surface area contributed by atoms with E-state index in [9.17, 15) is 0 Å². The molecular formula is C42H30O. The summed E-state index contributed by atoms with van der Waals surface area (Å²) in [7, 11) is 0. The first kappa shape index (κ1) is 23.8. The van der Waals surface area contributed by atoms with E-state index in [1.807, 2.05) is 0 Å². The lowest BCUT2D eigenvalue weighted by Gasteiger charge is -2.43. The third-order valence-corrected chi connectivity index (χ3v) is 10.6. The summed E-state index contributed by atoms with van der Waals surface area (Å²) >= 11 is 0. The minimum Gasteiger partial charge on any atom is -0.372 e. The standard InChI is InChI=1S/C42H30O/c1-5-17-31-27(13-1)39-28-14-2-6-18-32(28)41(31)37-25(11-9-21-35(37)39)23-43-24-26-12-10-22-36-38(26)42-33-19-7-3-15-29(33)40(36)30-16-4-8-20-34(30)42/h1-22,39-42H,23-24H2. The smallest absolute Gasteiger partial charge is 0.0724 e. The van der Waals surface area contributed by atoms with Crippen LogP contribution < -0.4 is 0 Å². The highest BCUT2D eigenvalue weighted by Gasteiger charge is 2.43. The molecule has 0 fully saturated rings. The van der Waals surface area contributed by atoms with Crippen LogP contribution in [0.25, 0.3) is 0 Å². The van der Waals surface area contributed by atoms with E-state index in [1.165, 1.54) is 77.9 Å². The molecule has 0 saturated heterocycles. The fourth-order valence-electron chi connectivity index (χ4n) is 9.11. The van der Waals surface area contributed by atoms with E-state index in [4.69, 9.17) is 4.74 Å². The molecule has 6 aromatic carbocycles. The Morgan fingerprint density at radius 1 is 0.302 bits per heavy atom. The van der Waals surface area contributed by atoms with E-state index < -0.39 is 0 Å². The molecule has 0 unspecified atom stereocenters. The largest absolute Gasteiger partial charge is 0.372 e. The van der Waals surface area contributed by atoms with Crippen LogP contribution in [-0.4, -0.2) is 0 Å². The quantitative estimate of drug-likeness (QED) is 0.212. The van der Waals surface area contributed by atoms with Crippen LogP contribution in [0.4, 0.5) is 0 Å². The summed E-state index contributed by atoms with van der Waals surface area (Å²) in [6.45, 7) is 1.23. The van der Waals surface area contributed by atoms with E-state index in [-0.39, 0.29) is 11.8 Å². The zero-order valence-electron chi connectivity index (χ0n) is 23.8. The predicted octanol–water partition coefficient (Wildman–Crippen LogP) is 9.38. The van der Waals surface area contributed by atoms with Crippen molar-refractivity contribution in [2.24, 2.45) is 0 Å². The molecule has 0 heterocycles. The Morgan fingerprint density at radius 2 is 0.581 bits per heavy atom. The van der Waals surface area contributed by atoms with Crippen LogP contribution in [0.5, 0.6) is 0 Å². The van der Waals surface area contributed by atoms with Gasteiger partial charge in [0.25, 0.3) is 0 Å². The van der Waals surface area contributed by atoms with Gasteiger partial charge in [-0.1, -0.05) is 133 Å². The lowest BCUT2D eigenvalue weighted by atomic mass is 9.60. The van der Waals surface area contributed by atoms with E-state index >= 15 is 0 Å². The van der Waals surface area contributed by atoms with Crippen molar-refractivity contribution in [1.82, 2.24) is 0 Å². The Kier molecular flexibility index (Phi) is 4.92. The number of hydrogen-bond donors (Lipinski definition) is 0. The third-order valence-electron chi connectivity index (χ3n) is 10.6. The van der Waals surface area contributed by atoms with Gasteiger partial charge in [-0.05, 0) is 77.9 Å². The topological polar surface area (TPSA) is 9.23 Å². The van der Waals surface area contributed by atoms with Crippen molar-refractivity contribution in [2.45, 2.75) is 36.9 Å². The Labute approximate surface area is 252 Å². The first-order valence-corrected chi connectivity index (χ1v) is 15.5. The summed E-state index contributed by atoms with van der Waals surface area (Å²) in [6, 6.07) is 50.0. The monoisotopic (exact) mass is 550 g/mol. The van der Waals surface area contributed by atoms with Crippen molar-refractivity contribution in [3.8, 4) is 0 Å². The molecule has 0 atom stereocenters. The summed E-state index contributed by atoms with van der Waals surface area (Å²) in [5, 5.41) is 0. The van der Waals surface area contributed by atoms with Crippen LogP contribution in [0.1, 0.15) is 102 Å². The summed E-state index contributed by atoms with van der Waals surface area (Å²) in [4.78, 5) is 0. The molecular weight excluding hydrogens is 520 g/mol. The molecule has 0 spiro atoms. The van der Waals surface area contributed by atoms with E-state index in [0.29, 0.717) is 25.0 Å². The normalized spacial score (nSPS) is 20.8. The van der Waals surface area contributed by atoms with E-state index in [0.717, 1.165) is 0 Å². The van der Waals surface area contributed by atoms with Crippen LogP contribution in [-0.2, 0) is 18.0 Å². The van der Waals surface area contributed by atoms with Crippen LogP contribution in [0.15, 0.2) is 133 Å². The summed E-state index contributed by atoms with van der Waals surface area (Å²) < 4.78 is 6.71. The maximum absolute atomic E-state index is 6.71. The minimum atomic E-state index is 0.264.